The van der Waals surface area contributed by atoms with Crippen molar-refractivity contribution in [3.05, 3.63) is 72.6 Å². The maximum Gasteiger partial charge on any atom is 0.178 e. The highest BCUT2D eigenvalue weighted by atomic mass is 15.5. The molecular formula is C20H18N4. The van der Waals surface area contributed by atoms with Crippen molar-refractivity contribution in [2.24, 2.45) is 0 Å². The fraction of sp³-hybridized carbons (Fsp3) is 0.200. The molecule has 3 aromatic rings. The molecule has 2 aromatic carbocycles. The number of rotatable bonds is 1. The standard InChI is InChI=1S/C20H18N4/c1-20(2)15-10-6-7-11-16(15)24-18-17(21-12-13-22-18)23(19(20)24)14-8-4-3-5-9-14/h3-13,19H,1-2H3. The molecule has 0 N–H and O–H groups in total. The van der Waals surface area contributed by atoms with Crippen molar-refractivity contribution in [2.45, 2.75) is 25.4 Å². The third kappa shape index (κ3) is 1.58. The third-order valence-corrected chi connectivity index (χ3v) is 5.14. The summed E-state index contributed by atoms with van der Waals surface area (Å²) < 4.78 is 0. The molecule has 1 unspecified atom stereocenters. The Bertz CT molecular complexity index is 905. The second-order valence-electron chi connectivity index (χ2n) is 6.89. The van der Waals surface area contributed by atoms with E-state index in [1.165, 1.54) is 11.3 Å². The van der Waals surface area contributed by atoms with Gasteiger partial charge in [0.15, 0.2) is 11.6 Å². The first-order valence-electron chi connectivity index (χ1n) is 8.23. The van der Waals surface area contributed by atoms with Crippen LogP contribution in [0.5, 0.6) is 0 Å². The molecule has 4 heteroatoms. The van der Waals surface area contributed by atoms with Gasteiger partial charge in [-0.2, -0.15) is 0 Å². The average Bonchev–Trinajstić information content (AvgIpc) is 3.08. The van der Waals surface area contributed by atoms with Crippen LogP contribution in [0.2, 0.25) is 0 Å². The van der Waals surface area contributed by atoms with Gasteiger partial charge in [0.2, 0.25) is 0 Å². The van der Waals surface area contributed by atoms with Crippen molar-refractivity contribution in [3.63, 3.8) is 0 Å². The topological polar surface area (TPSA) is 32.3 Å². The number of hydrogen-bond donors (Lipinski definition) is 0. The van der Waals surface area contributed by atoms with Crippen LogP contribution in [-0.2, 0) is 5.41 Å². The van der Waals surface area contributed by atoms with Gasteiger partial charge in [0.25, 0.3) is 0 Å². The number of anilines is 4. The Morgan fingerprint density at radius 1 is 0.792 bits per heavy atom. The lowest BCUT2D eigenvalue weighted by molar-refractivity contribution is 0.449. The Morgan fingerprint density at radius 2 is 1.42 bits per heavy atom. The molecule has 3 heterocycles. The summed E-state index contributed by atoms with van der Waals surface area (Å²) in [6, 6.07) is 19.1. The number of benzene rings is 2. The highest BCUT2D eigenvalue weighted by molar-refractivity contribution is 5.88. The normalized spacial score (nSPS) is 19.8. The zero-order chi connectivity index (χ0) is 16.3. The lowest BCUT2D eigenvalue weighted by Crippen LogP contribution is -2.46. The maximum atomic E-state index is 4.66. The predicted octanol–water partition coefficient (Wildman–Crippen LogP) is 4.38. The van der Waals surface area contributed by atoms with Crippen LogP contribution < -0.4 is 9.80 Å². The Hall–Kier alpha value is -2.88. The second kappa shape index (κ2) is 4.57. The van der Waals surface area contributed by atoms with Gasteiger partial charge >= 0.3 is 0 Å². The molecule has 1 atom stereocenters. The minimum Gasteiger partial charge on any atom is -0.301 e. The second-order valence-corrected chi connectivity index (χ2v) is 6.89. The predicted molar refractivity (Wildman–Crippen MR) is 96.0 cm³/mol. The van der Waals surface area contributed by atoms with Gasteiger partial charge < -0.3 is 9.80 Å². The van der Waals surface area contributed by atoms with Crippen molar-refractivity contribution in [1.82, 2.24) is 9.97 Å². The maximum absolute atomic E-state index is 4.66. The number of fused-ring (bicyclic) bond motifs is 5. The molecule has 0 radical (unpaired) electrons. The molecule has 1 aromatic heterocycles. The first-order valence-corrected chi connectivity index (χ1v) is 8.23. The summed E-state index contributed by atoms with van der Waals surface area (Å²) in [6.07, 6.45) is 3.68. The lowest BCUT2D eigenvalue weighted by Gasteiger charge is -2.36. The first-order chi connectivity index (χ1) is 11.7. The first kappa shape index (κ1) is 13.5. The van der Waals surface area contributed by atoms with Crippen LogP contribution in [0.15, 0.2) is 67.0 Å². The van der Waals surface area contributed by atoms with Gasteiger partial charge in [-0.15, -0.1) is 0 Å². The van der Waals surface area contributed by atoms with Crippen molar-refractivity contribution in [3.8, 4) is 0 Å². The van der Waals surface area contributed by atoms with Crippen LogP contribution in [0.1, 0.15) is 19.4 Å². The lowest BCUT2D eigenvalue weighted by atomic mass is 9.83. The van der Waals surface area contributed by atoms with Crippen molar-refractivity contribution in [2.75, 3.05) is 9.80 Å². The van der Waals surface area contributed by atoms with E-state index < -0.39 is 0 Å². The molecule has 2 aliphatic heterocycles. The molecule has 0 bridgehead atoms. The van der Waals surface area contributed by atoms with Crippen molar-refractivity contribution in [1.29, 1.82) is 0 Å². The minimum atomic E-state index is -0.0468. The van der Waals surface area contributed by atoms with E-state index in [4.69, 9.17) is 0 Å². The molecule has 0 aliphatic carbocycles. The summed E-state index contributed by atoms with van der Waals surface area (Å²) in [4.78, 5) is 14.0. The van der Waals surface area contributed by atoms with Gasteiger partial charge in [0.05, 0.1) is 0 Å². The Kier molecular flexibility index (Phi) is 2.58. The molecule has 118 valence electrons. The Morgan fingerprint density at radius 3 is 2.17 bits per heavy atom. The number of hydrogen-bond acceptors (Lipinski definition) is 4. The summed E-state index contributed by atoms with van der Waals surface area (Å²) in [6.45, 7) is 4.61. The molecule has 4 nitrogen and oxygen atoms in total. The van der Waals surface area contributed by atoms with Crippen LogP contribution in [0, 0.1) is 0 Å². The van der Waals surface area contributed by atoms with Gasteiger partial charge in [0, 0.05) is 29.2 Å². The number of para-hydroxylation sites is 2. The van der Waals surface area contributed by atoms with E-state index in [2.05, 4.69) is 82.1 Å². The Balaban J connectivity index is 1.80. The Labute approximate surface area is 141 Å². The molecule has 0 saturated heterocycles. The van der Waals surface area contributed by atoms with Gasteiger partial charge in [-0.3, -0.25) is 0 Å². The smallest absolute Gasteiger partial charge is 0.178 e. The summed E-state index contributed by atoms with van der Waals surface area (Å²) in [5, 5.41) is 0. The summed E-state index contributed by atoms with van der Waals surface area (Å²) in [5.41, 5.74) is 3.68. The van der Waals surface area contributed by atoms with Gasteiger partial charge in [-0.25, -0.2) is 9.97 Å². The van der Waals surface area contributed by atoms with Crippen LogP contribution >= 0.6 is 0 Å². The van der Waals surface area contributed by atoms with E-state index in [1.54, 1.807) is 12.4 Å². The van der Waals surface area contributed by atoms with Crippen LogP contribution in [0.4, 0.5) is 23.0 Å². The minimum absolute atomic E-state index is 0.0468. The quantitative estimate of drug-likeness (QED) is 0.667. The average molecular weight is 314 g/mol. The fourth-order valence-corrected chi connectivity index (χ4v) is 4.12. The van der Waals surface area contributed by atoms with E-state index in [1.807, 2.05) is 6.07 Å². The van der Waals surface area contributed by atoms with E-state index in [0.717, 1.165) is 17.3 Å². The zero-order valence-corrected chi connectivity index (χ0v) is 13.7. The number of aromatic nitrogens is 2. The zero-order valence-electron chi connectivity index (χ0n) is 13.7. The van der Waals surface area contributed by atoms with Crippen LogP contribution in [0.3, 0.4) is 0 Å². The fourth-order valence-electron chi connectivity index (χ4n) is 4.12. The summed E-state index contributed by atoms with van der Waals surface area (Å²) in [7, 11) is 0. The molecule has 2 aliphatic rings. The van der Waals surface area contributed by atoms with Crippen molar-refractivity contribution >= 4 is 23.0 Å². The van der Waals surface area contributed by atoms with Gasteiger partial charge in [-0.05, 0) is 23.8 Å². The summed E-state index contributed by atoms with van der Waals surface area (Å²) in [5.74, 6) is 1.86. The highest BCUT2D eigenvalue weighted by Crippen LogP contribution is 2.57. The van der Waals surface area contributed by atoms with Crippen LogP contribution in [0.25, 0.3) is 0 Å². The largest absolute Gasteiger partial charge is 0.301 e. The molecule has 5 rings (SSSR count). The van der Waals surface area contributed by atoms with E-state index in [0.29, 0.717) is 0 Å². The van der Waals surface area contributed by atoms with Gasteiger partial charge in [0.1, 0.15) is 6.17 Å². The molecule has 0 fully saturated rings. The molecular weight excluding hydrogens is 296 g/mol. The van der Waals surface area contributed by atoms with E-state index in [-0.39, 0.29) is 11.6 Å². The number of nitrogens with zero attached hydrogens (tertiary/aromatic N) is 4. The summed E-state index contributed by atoms with van der Waals surface area (Å²) >= 11 is 0. The SMILES string of the molecule is CC1(C)c2ccccc2N2c3nccnc3N(c3ccccc3)C21. The monoisotopic (exact) mass is 314 g/mol. The molecule has 0 amide bonds. The van der Waals surface area contributed by atoms with Gasteiger partial charge in [-0.1, -0.05) is 50.2 Å². The molecule has 0 spiro atoms. The van der Waals surface area contributed by atoms with E-state index in [9.17, 15) is 0 Å². The molecule has 0 saturated carbocycles. The van der Waals surface area contributed by atoms with Crippen molar-refractivity contribution < 1.29 is 0 Å². The van der Waals surface area contributed by atoms with Crippen LogP contribution in [-0.4, -0.2) is 16.1 Å². The third-order valence-electron chi connectivity index (χ3n) is 5.14. The van der Waals surface area contributed by atoms with E-state index >= 15 is 0 Å². The highest BCUT2D eigenvalue weighted by Gasteiger charge is 2.54. The molecule has 24 heavy (non-hydrogen) atoms.